The van der Waals surface area contributed by atoms with Gasteiger partial charge < -0.3 is 5.32 Å². The van der Waals surface area contributed by atoms with Crippen LogP contribution in [-0.2, 0) is 0 Å². The highest BCUT2D eigenvalue weighted by atomic mass is 16.6. The molecular formula is C18H17N7O3. The Morgan fingerprint density at radius 2 is 1.75 bits per heavy atom. The van der Waals surface area contributed by atoms with Crippen LogP contribution in [0.15, 0.2) is 48.9 Å². The lowest BCUT2D eigenvalue weighted by Gasteiger charge is -2.11. The van der Waals surface area contributed by atoms with E-state index in [1.807, 2.05) is 32.0 Å². The maximum atomic E-state index is 12.1. The maximum Gasteiger partial charge on any atom is 0.355 e. The molecule has 28 heavy (non-hydrogen) atoms. The van der Waals surface area contributed by atoms with Crippen molar-refractivity contribution in [2.75, 3.05) is 10.7 Å². The summed E-state index contributed by atoms with van der Waals surface area (Å²) < 4.78 is 0. The molecule has 142 valence electrons. The molecule has 3 rings (SSSR count). The average molecular weight is 379 g/mol. The van der Waals surface area contributed by atoms with E-state index in [0.717, 1.165) is 17.5 Å². The molecule has 10 heteroatoms. The zero-order valence-corrected chi connectivity index (χ0v) is 15.1. The molecule has 0 saturated carbocycles. The number of hydrazine groups is 1. The Bertz CT molecular complexity index is 1000. The van der Waals surface area contributed by atoms with Gasteiger partial charge in [0.25, 0.3) is 5.91 Å². The number of amides is 1. The number of nitrogens with zero attached hydrogens (tertiary/aromatic N) is 4. The van der Waals surface area contributed by atoms with Gasteiger partial charge in [0, 0.05) is 11.9 Å². The molecule has 1 aromatic carbocycles. The fourth-order valence-corrected chi connectivity index (χ4v) is 2.60. The van der Waals surface area contributed by atoms with E-state index in [-0.39, 0.29) is 17.3 Å². The number of hydrogen-bond donors (Lipinski definition) is 3. The van der Waals surface area contributed by atoms with Crippen LogP contribution < -0.4 is 16.2 Å². The van der Waals surface area contributed by atoms with Gasteiger partial charge in [-0.05, 0) is 49.2 Å². The molecule has 0 aliphatic carbocycles. The second-order valence-electron chi connectivity index (χ2n) is 5.97. The molecular weight excluding hydrogens is 362 g/mol. The molecule has 0 fully saturated rings. The van der Waals surface area contributed by atoms with Crippen molar-refractivity contribution in [2.24, 2.45) is 0 Å². The number of anilines is 3. The Kier molecular flexibility index (Phi) is 5.40. The molecule has 0 atom stereocenters. The summed E-state index contributed by atoms with van der Waals surface area (Å²) in [5.74, 6) is -0.715. The van der Waals surface area contributed by atoms with E-state index in [1.165, 1.54) is 12.3 Å². The number of pyridine rings is 1. The minimum absolute atomic E-state index is 0.000384. The van der Waals surface area contributed by atoms with Crippen molar-refractivity contribution >= 4 is 28.9 Å². The molecule has 10 nitrogen and oxygen atoms in total. The summed E-state index contributed by atoms with van der Waals surface area (Å²) in [5, 5.41) is 14.5. The number of nitrogens with one attached hydrogen (secondary N) is 3. The number of hydrogen-bond acceptors (Lipinski definition) is 8. The third-order valence-corrected chi connectivity index (χ3v) is 3.68. The van der Waals surface area contributed by atoms with Gasteiger partial charge in [0.1, 0.15) is 12.0 Å². The van der Waals surface area contributed by atoms with Gasteiger partial charge in [-0.15, -0.1) is 0 Å². The first-order chi connectivity index (χ1) is 13.4. The summed E-state index contributed by atoms with van der Waals surface area (Å²) in [6, 6.07) is 10.5. The van der Waals surface area contributed by atoms with Crippen molar-refractivity contribution in [3.8, 4) is 0 Å². The molecule has 2 heterocycles. The first kappa shape index (κ1) is 18.7. The second-order valence-corrected chi connectivity index (χ2v) is 5.97. The SMILES string of the molecule is Cc1cc(C)cc(Nc2ncnc(NNC(=O)c3ccccn3)c2[N+](=O)[O-])c1. The van der Waals surface area contributed by atoms with E-state index < -0.39 is 16.5 Å². The van der Waals surface area contributed by atoms with Crippen molar-refractivity contribution in [3.63, 3.8) is 0 Å². The molecule has 0 aliphatic heterocycles. The van der Waals surface area contributed by atoms with Crippen LogP contribution >= 0.6 is 0 Å². The third kappa shape index (κ3) is 4.36. The van der Waals surface area contributed by atoms with E-state index in [4.69, 9.17) is 0 Å². The van der Waals surface area contributed by atoms with Crippen LogP contribution in [0.2, 0.25) is 0 Å². The maximum absolute atomic E-state index is 12.1. The Morgan fingerprint density at radius 3 is 2.39 bits per heavy atom. The lowest BCUT2D eigenvalue weighted by Crippen LogP contribution is -2.31. The Hall–Kier alpha value is -4.08. The Morgan fingerprint density at radius 1 is 1.04 bits per heavy atom. The average Bonchev–Trinajstić information content (AvgIpc) is 2.65. The summed E-state index contributed by atoms with van der Waals surface area (Å²) in [4.78, 5) is 34.8. The molecule has 3 N–H and O–H groups in total. The molecule has 1 amide bonds. The van der Waals surface area contributed by atoms with Crippen LogP contribution in [0.1, 0.15) is 21.6 Å². The molecule has 0 aliphatic rings. The number of benzene rings is 1. The lowest BCUT2D eigenvalue weighted by molar-refractivity contribution is -0.383. The number of carbonyl (C=O) groups is 1. The smallest absolute Gasteiger partial charge is 0.334 e. The van der Waals surface area contributed by atoms with Gasteiger partial charge in [-0.25, -0.2) is 9.97 Å². The topological polar surface area (TPSA) is 135 Å². The van der Waals surface area contributed by atoms with Gasteiger partial charge >= 0.3 is 5.69 Å². The van der Waals surface area contributed by atoms with Crippen LogP contribution in [-0.4, -0.2) is 25.8 Å². The fourth-order valence-electron chi connectivity index (χ4n) is 2.60. The minimum atomic E-state index is -0.625. The molecule has 0 unspecified atom stereocenters. The van der Waals surface area contributed by atoms with Crippen LogP contribution in [0.4, 0.5) is 23.0 Å². The van der Waals surface area contributed by atoms with Gasteiger partial charge in [0.05, 0.1) is 4.92 Å². The lowest BCUT2D eigenvalue weighted by atomic mass is 10.1. The van der Waals surface area contributed by atoms with Crippen molar-refractivity contribution < 1.29 is 9.72 Å². The predicted octanol–water partition coefficient (Wildman–Crippen LogP) is 2.90. The van der Waals surface area contributed by atoms with Crippen molar-refractivity contribution in [1.82, 2.24) is 20.4 Å². The van der Waals surface area contributed by atoms with Crippen molar-refractivity contribution in [3.05, 3.63) is 75.9 Å². The summed E-state index contributed by atoms with van der Waals surface area (Å²) in [7, 11) is 0. The van der Waals surface area contributed by atoms with Gasteiger partial charge in [-0.3, -0.25) is 30.7 Å². The van der Waals surface area contributed by atoms with Crippen molar-refractivity contribution in [2.45, 2.75) is 13.8 Å². The monoisotopic (exact) mass is 379 g/mol. The number of aryl methyl sites for hydroxylation is 2. The van der Waals surface area contributed by atoms with Gasteiger partial charge in [-0.1, -0.05) is 12.1 Å². The Balaban J connectivity index is 1.85. The molecule has 0 radical (unpaired) electrons. The van der Waals surface area contributed by atoms with Crippen LogP contribution in [0.5, 0.6) is 0 Å². The molecule has 0 bridgehead atoms. The molecule has 0 saturated heterocycles. The first-order valence-corrected chi connectivity index (χ1v) is 8.26. The quantitative estimate of drug-likeness (QED) is 0.439. The van der Waals surface area contributed by atoms with Crippen LogP contribution in [0, 0.1) is 24.0 Å². The molecule has 3 aromatic rings. The largest absolute Gasteiger partial charge is 0.355 e. The molecule has 0 spiro atoms. The first-order valence-electron chi connectivity index (χ1n) is 8.26. The van der Waals surface area contributed by atoms with Crippen LogP contribution in [0.25, 0.3) is 0 Å². The van der Waals surface area contributed by atoms with E-state index >= 15 is 0 Å². The van der Waals surface area contributed by atoms with Gasteiger partial charge in [0.2, 0.25) is 11.6 Å². The highest BCUT2D eigenvalue weighted by Crippen LogP contribution is 2.31. The number of carbonyl (C=O) groups excluding carboxylic acids is 1. The third-order valence-electron chi connectivity index (χ3n) is 3.68. The van der Waals surface area contributed by atoms with Gasteiger partial charge in [0.15, 0.2) is 0 Å². The van der Waals surface area contributed by atoms with E-state index in [0.29, 0.717) is 5.69 Å². The summed E-state index contributed by atoms with van der Waals surface area (Å²) in [6.45, 7) is 3.85. The zero-order chi connectivity index (χ0) is 20.1. The number of rotatable bonds is 6. The standard InChI is InChI=1S/C18H17N7O3/c1-11-7-12(2)9-13(8-11)22-16-15(25(27)28)17(21-10-20-16)23-24-18(26)14-5-3-4-6-19-14/h3-10H,1-2H3,(H,24,26)(H2,20,21,22,23). The number of aromatic nitrogens is 3. The van der Waals surface area contributed by atoms with E-state index in [2.05, 4.69) is 31.1 Å². The summed E-state index contributed by atoms with van der Waals surface area (Å²) in [5.41, 5.74) is 7.22. The summed E-state index contributed by atoms with van der Waals surface area (Å²) >= 11 is 0. The Labute approximate surface area is 160 Å². The highest BCUT2D eigenvalue weighted by Gasteiger charge is 2.24. The predicted molar refractivity (Wildman–Crippen MR) is 103 cm³/mol. The second kappa shape index (κ2) is 8.08. The zero-order valence-electron chi connectivity index (χ0n) is 15.1. The van der Waals surface area contributed by atoms with E-state index in [1.54, 1.807) is 12.1 Å². The highest BCUT2D eigenvalue weighted by molar-refractivity contribution is 5.93. The summed E-state index contributed by atoms with van der Waals surface area (Å²) in [6.07, 6.45) is 2.63. The number of nitro groups is 1. The van der Waals surface area contributed by atoms with Crippen LogP contribution in [0.3, 0.4) is 0 Å². The van der Waals surface area contributed by atoms with E-state index in [9.17, 15) is 14.9 Å². The van der Waals surface area contributed by atoms with Crippen molar-refractivity contribution in [1.29, 1.82) is 0 Å². The van der Waals surface area contributed by atoms with Gasteiger partial charge in [-0.2, -0.15) is 0 Å². The minimum Gasteiger partial charge on any atom is -0.334 e. The molecule has 2 aromatic heterocycles. The fraction of sp³-hybridized carbons (Fsp3) is 0.111. The normalized spacial score (nSPS) is 10.2.